The first kappa shape index (κ1) is 19.0. The Morgan fingerprint density at radius 2 is 2.12 bits per heavy atom. The Hall–Kier alpha value is -3.73. The van der Waals surface area contributed by atoms with Gasteiger partial charge in [-0.1, -0.05) is 0 Å². The Balaban J connectivity index is 1.48. The molecule has 4 aromatic rings. The summed E-state index contributed by atoms with van der Waals surface area (Å²) < 4.78 is 1.66. The van der Waals surface area contributed by atoms with Crippen LogP contribution < -0.4 is 21.7 Å². The van der Waals surface area contributed by atoms with E-state index in [0.717, 1.165) is 30.6 Å². The summed E-state index contributed by atoms with van der Waals surface area (Å²) in [6, 6.07) is 6.16. The molecule has 6 rings (SSSR count). The Kier molecular flexibility index (Phi) is 4.25. The summed E-state index contributed by atoms with van der Waals surface area (Å²) >= 11 is 1.39. The number of nitrogens with zero attached hydrogens (tertiary/aromatic N) is 4. The molecule has 0 atom stereocenters. The third-order valence-corrected chi connectivity index (χ3v) is 6.48. The normalized spacial score (nSPS) is 17.4. The number of nitrogens with one attached hydrogen (secondary N) is 3. The Morgan fingerprint density at radius 1 is 1.28 bits per heavy atom. The maximum atomic E-state index is 12.4. The summed E-state index contributed by atoms with van der Waals surface area (Å²) in [5, 5.41) is 18.0. The molecule has 162 valence electrons. The summed E-state index contributed by atoms with van der Waals surface area (Å²) in [5.41, 5.74) is 1.65. The third-order valence-electron chi connectivity index (χ3n) is 5.37. The monoisotopic (exact) mass is 449 g/mol. The van der Waals surface area contributed by atoms with Crippen LogP contribution in [0.4, 0.5) is 0 Å². The largest absolute Gasteiger partial charge is 0.493 e. The predicted octanol–water partition coefficient (Wildman–Crippen LogP) is 0.683. The number of thiophene rings is 1. The maximum Gasteiger partial charge on any atom is 0.326 e. The molecular weight excluding hydrogens is 430 g/mol. The van der Waals surface area contributed by atoms with Crippen LogP contribution in [-0.4, -0.2) is 47.7 Å². The van der Waals surface area contributed by atoms with E-state index in [-0.39, 0.29) is 23.5 Å². The quantitative estimate of drug-likeness (QED) is 0.355. The Morgan fingerprint density at radius 3 is 2.84 bits per heavy atom. The van der Waals surface area contributed by atoms with Gasteiger partial charge in [0.25, 0.3) is 5.91 Å². The number of H-pyrrole nitrogens is 2. The molecule has 2 aliphatic carbocycles. The molecule has 11 heteroatoms. The van der Waals surface area contributed by atoms with Crippen molar-refractivity contribution in [2.75, 3.05) is 0 Å². The molecule has 0 aromatic carbocycles. The zero-order chi connectivity index (χ0) is 21.8. The molecule has 2 fully saturated rings. The number of hydrogen-bond donors (Lipinski definition) is 4. The van der Waals surface area contributed by atoms with Crippen LogP contribution in [-0.2, 0) is 0 Å². The van der Waals surface area contributed by atoms with Crippen molar-refractivity contribution in [1.29, 1.82) is 0 Å². The highest BCUT2D eigenvalue weighted by molar-refractivity contribution is 7.17. The average molecular weight is 449 g/mol. The van der Waals surface area contributed by atoms with Gasteiger partial charge in [-0.05, 0) is 43.9 Å². The van der Waals surface area contributed by atoms with Gasteiger partial charge >= 0.3 is 5.69 Å². The molecule has 0 aliphatic heterocycles. The van der Waals surface area contributed by atoms with Crippen molar-refractivity contribution in [3.05, 3.63) is 56.2 Å². The Labute approximate surface area is 184 Å². The van der Waals surface area contributed by atoms with Gasteiger partial charge in [0, 0.05) is 17.3 Å². The van der Waals surface area contributed by atoms with Gasteiger partial charge in [-0.2, -0.15) is 9.61 Å². The standard InChI is InChI=1S/C21H19N7O3S/c29-19-14(26-21(31)27-19)7-10-9-22-28-17(23-11-1-2-11)8-13(25-18(10)28)15-5-6-16(32-15)20(30)24-12-3-4-12/h5-9,11-12,29H,1-4H2,(H,24,30)(H2,26,27,31)/b10-7-,23-17?. The summed E-state index contributed by atoms with van der Waals surface area (Å²) in [7, 11) is 0. The van der Waals surface area contributed by atoms with E-state index >= 15 is 0 Å². The maximum absolute atomic E-state index is 12.4. The number of aromatic amines is 2. The van der Waals surface area contributed by atoms with Crippen LogP contribution in [0.5, 0.6) is 5.88 Å². The smallest absolute Gasteiger partial charge is 0.326 e. The number of rotatable bonds is 5. The van der Waals surface area contributed by atoms with Gasteiger partial charge in [0.15, 0.2) is 11.1 Å². The zero-order valence-electron chi connectivity index (χ0n) is 16.8. The molecular formula is C21H19N7O3S. The summed E-state index contributed by atoms with van der Waals surface area (Å²) in [6.07, 6.45) is 7.39. The minimum absolute atomic E-state index is 0.0574. The number of hydrogen-bond acceptors (Lipinski definition) is 7. The first-order valence-electron chi connectivity index (χ1n) is 10.4. The van der Waals surface area contributed by atoms with Crippen LogP contribution in [0.15, 0.2) is 34.2 Å². The molecule has 0 spiro atoms. The predicted molar refractivity (Wildman–Crippen MR) is 117 cm³/mol. The first-order chi connectivity index (χ1) is 15.5. The molecule has 0 saturated heterocycles. The van der Waals surface area contributed by atoms with E-state index in [9.17, 15) is 14.7 Å². The van der Waals surface area contributed by atoms with Gasteiger partial charge in [0.05, 0.1) is 27.7 Å². The molecule has 2 saturated carbocycles. The van der Waals surface area contributed by atoms with E-state index in [0.29, 0.717) is 33.0 Å². The topological polar surface area (TPSA) is 141 Å². The third kappa shape index (κ3) is 3.60. The van der Waals surface area contributed by atoms with Crippen molar-refractivity contribution in [3.63, 3.8) is 0 Å². The van der Waals surface area contributed by atoms with Crippen LogP contribution >= 0.6 is 11.3 Å². The fourth-order valence-corrected chi connectivity index (χ4v) is 4.27. The molecule has 4 N–H and O–H groups in total. The minimum atomic E-state index is -0.501. The van der Waals surface area contributed by atoms with E-state index in [2.05, 4.69) is 20.4 Å². The van der Waals surface area contributed by atoms with Crippen LogP contribution in [0.2, 0.25) is 0 Å². The van der Waals surface area contributed by atoms with Gasteiger partial charge in [0.1, 0.15) is 5.69 Å². The molecule has 32 heavy (non-hydrogen) atoms. The number of aromatic nitrogens is 5. The van der Waals surface area contributed by atoms with Gasteiger partial charge in [-0.15, -0.1) is 11.3 Å². The molecule has 4 aromatic heterocycles. The van der Waals surface area contributed by atoms with Crippen LogP contribution in [0, 0.1) is 0 Å². The number of carbonyl (C=O) groups excluding carboxylic acids is 1. The lowest BCUT2D eigenvalue weighted by molar-refractivity contribution is 0.0955. The highest BCUT2D eigenvalue weighted by Crippen LogP contribution is 2.28. The van der Waals surface area contributed by atoms with Crippen molar-refractivity contribution in [3.8, 4) is 16.5 Å². The molecule has 1 amide bonds. The fourth-order valence-electron chi connectivity index (χ4n) is 3.40. The molecule has 2 aliphatic rings. The summed E-state index contributed by atoms with van der Waals surface area (Å²) in [5.74, 6) is -0.309. The minimum Gasteiger partial charge on any atom is -0.493 e. The highest BCUT2D eigenvalue weighted by Gasteiger charge is 2.25. The molecule has 0 unspecified atom stereocenters. The first-order valence-corrected chi connectivity index (χ1v) is 11.2. The SMILES string of the molecule is O=C(NC1CC1)c1ccc(-c2cc(=NC3CC3)n3nc/c(=C/c4[nH]c(=O)[nH]c4O)c3n2)s1. The molecule has 0 bridgehead atoms. The van der Waals surface area contributed by atoms with Gasteiger partial charge in [0.2, 0.25) is 5.88 Å². The van der Waals surface area contributed by atoms with Crippen molar-refractivity contribution in [2.24, 2.45) is 4.99 Å². The molecule has 10 nitrogen and oxygen atoms in total. The van der Waals surface area contributed by atoms with Crippen LogP contribution in [0.1, 0.15) is 41.0 Å². The summed E-state index contributed by atoms with van der Waals surface area (Å²) in [4.78, 5) is 39.8. The van der Waals surface area contributed by atoms with Gasteiger partial charge < -0.3 is 15.4 Å². The lowest BCUT2D eigenvalue weighted by Crippen LogP contribution is -2.24. The van der Waals surface area contributed by atoms with E-state index in [1.54, 1.807) is 16.8 Å². The van der Waals surface area contributed by atoms with Crippen molar-refractivity contribution in [2.45, 2.75) is 37.8 Å². The second-order valence-corrected chi connectivity index (χ2v) is 9.18. The average Bonchev–Trinajstić information content (AvgIpc) is 3.63. The van der Waals surface area contributed by atoms with Crippen LogP contribution in [0.25, 0.3) is 22.3 Å². The second kappa shape index (κ2) is 7.16. The van der Waals surface area contributed by atoms with Gasteiger partial charge in [-0.3, -0.25) is 14.8 Å². The number of amides is 1. The number of aromatic hydroxyl groups is 1. The van der Waals surface area contributed by atoms with Crippen molar-refractivity contribution in [1.82, 2.24) is 29.9 Å². The van der Waals surface area contributed by atoms with E-state index in [1.807, 2.05) is 18.2 Å². The fraction of sp³-hybridized carbons (Fsp3) is 0.286. The molecule has 0 radical (unpaired) electrons. The van der Waals surface area contributed by atoms with E-state index in [4.69, 9.17) is 9.98 Å². The van der Waals surface area contributed by atoms with E-state index in [1.165, 1.54) is 11.3 Å². The Bertz CT molecular complexity index is 1540. The van der Waals surface area contributed by atoms with E-state index < -0.39 is 5.69 Å². The zero-order valence-corrected chi connectivity index (χ0v) is 17.6. The van der Waals surface area contributed by atoms with Crippen molar-refractivity contribution < 1.29 is 9.90 Å². The lowest BCUT2D eigenvalue weighted by Gasteiger charge is -2.01. The lowest BCUT2D eigenvalue weighted by atomic mass is 10.3. The number of carbonyl (C=O) groups is 1. The number of fused-ring (bicyclic) bond motifs is 1. The second-order valence-electron chi connectivity index (χ2n) is 8.09. The van der Waals surface area contributed by atoms with Crippen molar-refractivity contribution >= 4 is 29.0 Å². The van der Waals surface area contributed by atoms with Gasteiger partial charge in [-0.25, -0.2) is 9.78 Å². The molecule has 4 heterocycles. The van der Waals surface area contributed by atoms with Crippen LogP contribution in [0.3, 0.4) is 0 Å². The summed E-state index contributed by atoms with van der Waals surface area (Å²) in [6.45, 7) is 0. The number of imidazole rings is 1. The highest BCUT2D eigenvalue weighted by atomic mass is 32.1.